The van der Waals surface area contributed by atoms with Crippen LogP contribution in [0.5, 0.6) is 0 Å². The number of carboxylic acids is 2. The van der Waals surface area contributed by atoms with Gasteiger partial charge >= 0.3 is 11.9 Å². The van der Waals surface area contributed by atoms with Crippen molar-refractivity contribution in [3.8, 4) is 0 Å². The number of rotatable bonds is 6. The van der Waals surface area contributed by atoms with E-state index < -0.39 is 42.3 Å². The molecule has 0 spiro atoms. The topological polar surface area (TPSA) is 133 Å². The fourth-order valence-electron chi connectivity index (χ4n) is 0.854. The third-order valence-corrected chi connectivity index (χ3v) is 1.82. The number of carbonyl (C=O) groups excluding carboxylic acids is 2. The molecular formula is C9H14N2O6. The van der Waals surface area contributed by atoms with Crippen molar-refractivity contribution in [3.05, 3.63) is 0 Å². The smallest absolute Gasteiger partial charge is 0.325 e. The molecule has 8 nitrogen and oxygen atoms in total. The minimum Gasteiger partial charge on any atom is -0.480 e. The number of nitrogens with one attached hydrogen (secondary N) is 2. The molecule has 96 valence electrons. The van der Waals surface area contributed by atoms with Crippen LogP contribution in [0.25, 0.3) is 0 Å². The summed E-state index contributed by atoms with van der Waals surface area (Å²) in [5, 5.41) is 21.1. The van der Waals surface area contributed by atoms with Gasteiger partial charge in [-0.25, -0.2) is 0 Å². The van der Waals surface area contributed by atoms with Crippen molar-refractivity contribution in [2.75, 3.05) is 0 Å². The van der Waals surface area contributed by atoms with Gasteiger partial charge in [-0.15, -0.1) is 0 Å². The van der Waals surface area contributed by atoms with Crippen LogP contribution in [0.2, 0.25) is 0 Å². The van der Waals surface area contributed by atoms with E-state index in [0.29, 0.717) is 0 Å². The van der Waals surface area contributed by atoms with Crippen molar-refractivity contribution in [1.29, 1.82) is 0 Å². The van der Waals surface area contributed by atoms with E-state index in [0.717, 1.165) is 0 Å². The molecule has 0 aliphatic heterocycles. The van der Waals surface area contributed by atoms with Crippen LogP contribution in [0.1, 0.15) is 20.3 Å². The number of carboxylic acid groups (broad SMARTS) is 2. The zero-order chi connectivity index (χ0) is 13.6. The van der Waals surface area contributed by atoms with Gasteiger partial charge in [0.2, 0.25) is 11.8 Å². The lowest BCUT2D eigenvalue weighted by molar-refractivity contribution is -0.143. The second kappa shape index (κ2) is 6.46. The Kier molecular flexibility index (Phi) is 5.65. The van der Waals surface area contributed by atoms with Gasteiger partial charge in [0.25, 0.3) is 0 Å². The third-order valence-electron chi connectivity index (χ3n) is 1.82. The zero-order valence-electron chi connectivity index (χ0n) is 9.39. The van der Waals surface area contributed by atoms with Gasteiger partial charge in [0.15, 0.2) is 0 Å². The molecule has 0 aliphatic rings. The fourth-order valence-corrected chi connectivity index (χ4v) is 0.854. The van der Waals surface area contributed by atoms with Gasteiger partial charge in [-0.1, -0.05) is 0 Å². The Bertz CT molecular complexity index is 308. The van der Waals surface area contributed by atoms with Crippen LogP contribution in [0.3, 0.4) is 0 Å². The average Bonchev–Trinajstić information content (AvgIpc) is 2.16. The molecule has 0 unspecified atom stereocenters. The Labute approximate surface area is 97.0 Å². The lowest BCUT2D eigenvalue weighted by atomic mass is 10.3. The van der Waals surface area contributed by atoms with E-state index in [-0.39, 0.29) is 0 Å². The van der Waals surface area contributed by atoms with Gasteiger partial charge in [0.05, 0.1) is 0 Å². The Morgan fingerprint density at radius 2 is 1.18 bits per heavy atom. The van der Waals surface area contributed by atoms with Crippen molar-refractivity contribution in [3.63, 3.8) is 0 Å². The summed E-state index contributed by atoms with van der Waals surface area (Å²) < 4.78 is 0. The maximum atomic E-state index is 11.1. The summed E-state index contributed by atoms with van der Waals surface area (Å²) >= 11 is 0. The number of amides is 2. The molecular weight excluding hydrogens is 232 g/mol. The van der Waals surface area contributed by atoms with Crippen LogP contribution in [0.15, 0.2) is 0 Å². The zero-order valence-corrected chi connectivity index (χ0v) is 9.39. The van der Waals surface area contributed by atoms with E-state index in [1.807, 2.05) is 0 Å². The van der Waals surface area contributed by atoms with Gasteiger partial charge in [-0.2, -0.15) is 0 Å². The van der Waals surface area contributed by atoms with E-state index in [9.17, 15) is 19.2 Å². The summed E-state index contributed by atoms with van der Waals surface area (Å²) in [6.07, 6.45) is -0.616. The first-order valence-electron chi connectivity index (χ1n) is 4.78. The van der Waals surface area contributed by atoms with Crippen molar-refractivity contribution < 1.29 is 29.4 Å². The summed E-state index contributed by atoms with van der Waals surface area (Å²) in [7, 11) is 0. The molecule has 2 atom stereocenters. The number of carbonyl (C=O) groups is 4. The first-order valence-corrected chi connectivity index (χ1v) is 4.78. The molecule has 4 N–H and O–H groups in total. The molecule has 17 heavy (non-hydrogen) atoms. The predicted molar refractivity (Wildman–Crippen MR) is 55.1 cm³/mol. The molecule has 0 aromatic carbocycles. The highest BCUT2D eigenvalue weighted by molar-refractivity contribution is 5.99. The van der Waals surface area contributed by atoms with Crippen LogP contribution < -0.4 is 10.6 Å². The summed E-state index contributed by atoms with van der Waals surface area (Å²) in [4.78, 5) is 43.1. The average molecular weight is 246 g/mol. The molecule has 8 heteroatoms. The van der Waals surface area contributed by atoms with Gasteiger partial charge in [-0.05, 0) is 13.8 Å². The first-order chi connectivity index (χ1) is 7.73. The monoisotopic (exact) mass is 246 g/mol. The van der Waals surface area contributed by atoms with Crippen LogP contribution in [0.4, 0.5) is 0 Å². The second-order valence-electron chi connectivity index (χ2n) is 3.43. The molecule has 0 aromatic heterocycles. The predicted octanol–water partition coefficient (Wildman–Crippen LogP) is -1.44. The standard InChI is InChI=1S/C9H14N2O6/c1-4(8(14)15)10-6(12)3-7(13)11-5(2)9(16)17/h4-5H,3H2,1-2H3,(H,10,12)(H,11,13)(H,14,15)(H,16,17)/t4-,5-/m0/s1. The largest absolute Gasteiger partial charge is 0.480 e. The van der Waals surface area contributed by atoms with E-state index in [1.54, 1.807) is 0 Å². The highest BCUT2D eigenvalue weighted by Crippen LogP contribution is 1.88. The molecule has 0 saturated carbocycles. The number of hydrogen-bond acceptors (Lipinski definition) is 4. The normalized spacial score (nSPS) is 13.3. The summed E-state index contributed by atoms with van der Waals surface area (Å²) in [5.41, 5.74) is 0. The van der Waals surface area contributed by atoms with Gasteiger partial charge < -0.3 is 20.8 Å². The van der Waals surface area contributed by atoms with Crippen LogP contribution >= 0.6 is 0 Å². The molecule has 0 bridgehead atoms. The molecule has 2 amide bonds. The summed E-state index contributed by atoms with van der Waals surface area (Å²) in [5.74, 6) is -4.01. The van der Waals surface area contributed by atoms with Gasteiger partial charge in [-0.3, -0.25) is 19.2 Å². The maximum Gasteiger partial charge on any atom is 0.325 e. The molecule has 0 aliphatic carbocycles. The second-order valence-corrected chi connectivity index (χ2v) is 3.43. The fraction of sp³-hybridized carbons (Fsp3) is 0.556. The highest BCUT2D eigenvalue weighted by atomic mass is 16.4. The molecule has 0 aromatic rings. The Morgan fingerprint density at radius 3 is 1.41 bits per heavy atom. The van der Waals surface area contributed by atoms with Gasteiger partial charge in [0.1, 0.15) is 18.5 Å². The van der Waals surface area contributed by atoms with E-state index in [4.69, 9.17) is 10.2 Å². The molecule has 0 fully saturated rings. The minimum absolute atomic E-state index is 0.616. The van der Waals surface area contributed by atoms with Crippen molar-refractivity contribution in [1.82, 2.24) is 10.6 Å². The summed E-state index contributed by atoms with van der Waals surface area (Å²) in [6.45, 7) is 2.50. The molecule has 0 saturated heterocycles. The molecule has 0 radical (unpaired) electrons. The maximum absolute atomic E-state index is 11.1. The quantitative estimate of drug-likeness (QED) is 0.424. The van der Waals surface area contributed by atoms with Crippen LogP contribution in [0, 0.1) is 0 Å². The molecule has 0 rings (SSSR count). The van der Waals surface area contributed by atoms with Crippen molar-refractivity contribution >= 4 is 23.8 Å². The Morgan fingerprint density at radius 1 is 0.882 bits per heavy atom. The van der Waals surface area contributed by atoms with Crippen LogP contribution in [-0.2, 0) is 19.2 Å². The Balaban J connectivity index is 4.09. The van der Waals surface area contributed by atoms with Crippen molar-refractivity contribution in [2.24, 2.45) is 0 Å². The van der Waals surface area contributed by atoms with E-state index in [2.05, 4.69) is 10.6 Å². The SMILES string of the molecule is C[C@H](NC(=O)CC(=O)N[C@@H](C)C(=O)O)C(=O)O. The molecule has 0 heterocycles. The Hall–Kier alpha value is -2.12. The van der Waals surface area contributed by atoms with Gasteiger partial charge in [0, 0.05) is 0 Å². The van der Waals surface area contributed by atoms with Crippen molar-refractivity contribution in [2.45, 2.75) is 32.4 Å². The van der Waals surface area contributed by atoms with E-state index >= 15 is 0 Å². The highest BCUT2D eigenvalue weighted by Gasteiger charge is 2.19. The summed E-state index contributed by atoms with van der Waals surface area (Å²) in [6, 6.07) is -2.21. The van der Waals surface area contributed by atoms with Crippen LogP contribution in [-0.4, -0.2) is 46.0 Å². The number of hydrogen-bond donors (Lipinski definition) is 4. The third kappa shape index (κ3) is 6.13. The van der Waals surface area contributed by atoms with E-state index in [1.165, 1.54) is 13.8 Å². The number of aliphatic carboxylic acids is 2. The lowest BCUT2D eigenvalue weighted by Crippen LogP contribution is -2.43. The minimum atomic E-state index is -1.22. The lowest BCUT2D eigenvalue weighted by Gasteiger charge is -2.11. The first kappa shape index (κ1) is 14.9.